The summed E-state index contributed by atoms with van der Waals surface area (Å²) in [7, 11) is 1.81. The minimum absolute atomic E-state index is 0.00435. The third-order valence-corrected chi connectivity index (χ3v) is 2.18. The number of rotatable bonds is 3. The molecule has 0 unspecified atom stereocenters. The normalized spacial score (nSPS) is 9.93. The first kappa shape index (κ1) is 10.8. The van der Waals surface area contributed by atoms with Gasteiger partial charge in [-0.05, 0) is 19.1 Å². The average Bonchev–Trinajstić information content (AvgIpc) is 2.17. The Balaban J connectivity index is 3.14. The second-order valence-corrected chi connectivity index (χ2v) is 3.23. The van der Waals surface area contributed by atoms with Gasteiger partial charge in [-0.1, -0.05) is 11.6 Å². The smallest absolute Gasteiger partial charge is 0.354 e. The molecule has 1 aromatic heterocycles. The number of carboxylic acids is 1. The monoisotopic (exact) mass is 214 g/mol. The van der Waals surface area contributed by atoms with Gasteiger partial charge in [-0.3, -0.25) is 0 Å². The van der Waals surface area contributed by atoms with Crippen LogP contribution >= 0.6 is 11.6 Å². The van der Waals surface area contributed by atoms with E-state index in [9.17, 15) is 4.79 Å². The fourth-order valence-corrected chi connectivity index (χ4v) is 1.22. The third kappa shape index (κ3) is 2.14. The van der Waals surface area contributed by atoms with Gasteiger partial charge in [0, 0.05) is 13.6 Å². The summed E-state index contributed by atoms with van der Waals surface area (Å²) < 4.78 is 0. The van der Waals surface area contributed by atoms with Crippen LogP contribution in [0.25, 0.3) is 0 Å². The molecule has 1 heterocycles. The van der Waals surface area contributed by atoms with E-state index in [2.05, 4.69) is 4.98 Å². The summed E-state index contributed by atoms with van der Waals surface area (Å²) in [6, 6.07) is 2.93. The van der Waals surface area contributed by atoms with Crippen LogP contribution in [0, 0.1) is 0 Å². The highest BCUT2D eigenvalue weighted by atomic mass is 35.5. The van der Waals surface area contributed by atoms with Crippen LogP contribution in [-0.4, -0.2) is 29.7 Å². The minimum Gasteiger partial charge on any atom is -0.477 e. The van der Waals surface area contributed by atoms with Gasteiger partial charge in [0.15, 0.2) is 5.69 Å². The van der Waals surface area contributed by atoms with Crippen LogP contribution in [0.3, 0.4) is 0 Å². The van der Waals surface area contributed by atoms with Crippen molar-refractivity contribution in [1.29, 1.82) is 0 Å². The van der Waals surface area contributed by atoms with Crippen LogP contribution in [0.1, 0.15) is 17.4 Å². The minimum atomic E-state index is -1.05. The molecule has 0 aliphatic rings. The number of aromatic nitrogens is 1. The second kappa shape index (κ2) is 4.28. The maximum atomic E-state index is 10.7. The molecule has 0 bridgehead atoms. The van der Waals surface area contributed by atoms with Gasteiger partial charge in [0.05, 0.1) is 5.02 Å². The summed E-state index contributed by atoms with van der Waals surface area (Å²) in [5.41, 5.74) is 0.00435. The fourth-order valence-electron chi connectivity index (χ4n) is 0.968. The number of nitrogens with zero attached hydrogens (tertiary/aromatic N) is 2. The first-order valence-electron chi connectivity index (χ1n) is 4.17. The van der Waals surface area contributed by atoms with E-state index in [1.165, 1.54) is 6.07 Å². The first-order valence-corrected chi connectivity index (χ1v) is 4.55. The van der Waals surface area contributed by atoms with E-state index in [0.29, 0.717) is 10.8 Å². The van der Waals surface area contributed by atoms with E-state index in [0.717, 1.165) is 6.54 Å². The van der Waals surface area contributed by atoms with E-state index in [-0.39, 0.29) is 5.69 Å². The standard InChI is InChI=1S/C9H11ClN2O2/c1-3-12(2)8-6(10)4-5-7(11-8)9(13)14/h4-5H,3H2,1-2H3,(H,13,14). The Morgan fingerprint density at radius 2 is 2.29 bits per heavy atom. The molecule has 1 rings (SSSR count). The van der Waals surface area contributed by atoms with E-state index >= 15 is 0 Å². The number of carboxylic acid groups (broad SMARTS) is 1. The molecule has 0 amide bonds. The number of hydrogen-bond acceptors (Lipinski definition) is 3. The van der Waals surface area contributed by atoms with Crippen LogP contribution in [0.4, 0.5) is 5.82 Å². The van der Waals surface area contributed by atoms with Gasteiger partial charge in [-0.15, -0.1) is 0 Å². The van der Waals surface area contributed by atoms with Crippen molar-refractivity contribution in [2.75, 3.05) is 18.5 Å². The Morgan fingerprint density at radius 3 is 2.79 bits per heavy atom. The molecular formula is C9H11ClN2O2. The molecule has 4 nitrogen and oxygen atoms in total. The van der Waals surface area contributed by atoms with Crippen LogP contribution in [-0.2, 0) is 0 Å². The van der Waals surface area contributed by atoms with Gasteiger partial charge in [0.25, 0.3) is 0 Å². The molecule has 0 saturated heterocycles. The van der Waals surface area contributed by atoms with Crippen molar-refractivity contribution in [3.8, 4) is 0 Å². The summed E-state index contributed by atoms with van der Waals surface area (Å²) in [5, 5.41) is 9.19. The van der Waals surface area contributed by atoms with Gasteiger partial charge in [-0.2, -0.15) is 0 Å². The maximum Gasteiger partial charge on any atom is 0.354 e. The molecule has 1 N–H and O–H groups in total. The van der Waals surface area contributed by atoms with Crippen molar-refractivity contribution in [3.05, 3.63) is 22.8 Å². The lowest BCUT2D eigenvalue weighted by molar-refractivity contribution is 0.0690. The third-order valence-electron chi connectivity index (χ3n) is 1.88. The molecule has 0 radical (unpaired) electrons. The molecule has 0 spiro atoms. The van der Waals surface area contributed by atoms with Crippen LogP contribution in [0.2, 0.25) is 5.02 Å². The van der Waals surface area contributed by atoms with E-state index in [4.69, 9.17) is 16.7 Å². The summed E-state index contributed by atoms with van der Waals surface area (Å²) in [6.45, 7) is 2.65. The first-order chi connectivity index (χ1) is 6.56. The summed E-state index contributed by atoms with van der Waals surface area (Å²) in [4.78, 5) is 16.4. The predicted molar refractivity (Wildman–Crippen MR) is 55.2 cm³/mol. The highest BCUT2D eigenvalue weighted by Gasteiger charge is 2.11. The zero-order chi connectivity index (χ0) is 10.7. The number of halogens is 1. The Bertz CT molecular complexity index is 355. The molecule has 0 atom stereocenters. The second-order valence-electron chi connectivity index (χ2n) is 2.82. The van der Waals surface area contributed by atoms with Crippen molar-refractivity contribution >= 4 is 23.4 Å². The highest BCUT2D eigenvalue weighted by Crippen LogP contribution is 2.22. The Hall–Kier alpha value is -1.29. The molecule has 1 aromatic rings. The molecule has 76 valence electrons. The lowest BCUT2D eigenvalue weighted by atomic mass is 10.3. The molecule has 0 aromatic carbocycles. The summed E-state index contributed by atoms with van der Waals surface area (Å²) >= 11 is 5.88. The number of hydrogen-bond donors (Lipinski definition) is 1. The molecule has 0 aliphatic carbocycles. The van der Waals surface area contributed by atoms with Gasteiger partial charge in [0.2, 0.25) is 0 Å². The zero-order valence-electron chi connectivity index (χ0n) is 7.99. The molecule has 5 heteroatoms. The Kier molecular flexibility index (Phi) is 3.30. The van der Waals surface area contributed by atoms with E-state index in [1.54, 1.807) is 18.0 Å². The largest absolute Gasteiger partial charge is 0.477 e. The van der Waals surface area contributed by atoms with Gasteiger partial charge in [0.1, 0.15) is 5.82 Å². The number of aromatic carboxylic acids is 1. The summed E-state index contributed by atoms with van der Waals surface area (Å²) in [6.07, 6.45) is 0. The Morgan fingerprint density at radius 1 is 1.64 bits per heavy atom. The van der Waals surface area contributed by atoms with E-state index < -0.39 is 5.97 Å². The topological polar surface area (TPSA) is 53.4 Å². The van der Waals surface area contributed by atoms with E-state index in [1.807, 2.05) is 6.92 Å². The van der Waals surface area contributed by atoms with Gasteiger partial charge >= 0.3 is 5.97 Å². The van der Waals surface area contributed by atoms with Crippen LogP contribution in [0.5, 0.6) is 0 Å². The average molecular weight is 215 g/mol. The van der Waals surface area contributed by atoms with Crippen molar-refractivity contribution in [3.63, 3.8) is 0 Å². The highest BCUT2D eigenvalue weighted by molar-refractivity contribution is 6.33. The molecule has 14 heavy (non-hydrogen) atoms. The number of anilines is 1. The van der Waals surface area contributed by atoms with Crippen molar-refractivity contribution in [1.82, 2.24) is 4.98 Å². The van der Waals surface area contributed by atoms with Crippen LogP contribution < -0.4 is 4.90 Å². The SMILES string of the molecule is CCN(C)c1nc(C(=O)O)ccc1Cl. The lowest BCUT2D eigenvalue weighted by Gasteiger charge is -2.16. The molecule has 0 saturated carbocycles. The summed E-state index contributed by atoms with van der Waals surface area (Å²) in [5.74, 6) is -0.554. The lowest BCUT2D eigenvalue weighted by Crippen LogP contribution is -2.18. The van der Waals surface area contributed by atoms with Crippen molar-refractivity contribution < 1.29 is 9.90 Å². The molecule has 0 fully saturated rings. The van der Waals surface area contributed by atoms with Crippen molar-refractivity contribution in [2.24, 2.45) is 0 Å². The zero-order valence-corrected chi connectivity index (χ0v) is 8.75. The maximum absolute atomic E-state index is 10.7. The predicted octanol–water partition coefficient (Wildman–Crippen LogP) is 1.89. The molecule has 0 aliphatic heterocycles. The van der Waals surface area contributed by atoms with Crippen molar-refractivity contribution in [2.45, 2.75) is 6.92 Å². The quantitative estimate of drug-likeness (QED) is 0.835. The number of carbonyl (C=O) groups is 1. The van der Waals surface area contributed by atoms with Gasteiger partial charge < -0.3 is 10.0 Å². The number of pyridine rings is 1. The van der Waals surface area contributed by atoms with Gasteiger partial charge in [-0.25, -0.2) is 9.78 Å². The molecular weight excluding hydrogens is 204 g/mol. The fraction of sp³-hybridized carbons (Fsp3) is 0.333. The van der Waals surface area contributed by atoms with Crippen LogP contribution in [0.15, 0.2) is 12.1 Å². The Labute approximate surface area is 87.1 Å².